The predicted molar refractivity (Wildman–Crippen MR) is 137 cm³/mol. The van der Waals surface area contributed by atoms with Gasteiger partial charge in [0.1, 0.15) is 11.5 Å². The third kappa shape index (κ3) is 5.98. The van der Waals surface area contributed by atoms with Crippen LogP contribution in [-0.2, 0) is 20.9 Å². The van der Waals surface area contributed by atoms with E-state index < -0.39 is 5.92 Å². The topological polar surface area (TPSA) is 88.2 Å². The molecule has 2 aliphatic heterocycles. The number of nitrogens with zero attached hydrogens (tertiary/aromatic N) is 2. The summed E-state index contributed by atoms with van der Waals surface area (Å²) in [4.78, 5) is 41.5. The van der Waals surface area contributed by atoms with Crippen LogP contribution in [0.3, 0.4) is 0 Å². The van der Waals surface area contributed by atoms with Crippen LogP contribution in [0.4, 0.5) is 5.69 Å². The summed E-state index contributed by atoms with van der Waals surface area (Å²) < 4.78 is 10.9. The van der Waals surface area contributed by atoms with Crippen LogP contribution in [0.5, 0.6) is 11.5 Å². The van der Waals surface area contributed by atoms with Crippen molar-refractivity contribution in [1.29, 1.82) is 0 Å². The first kappa shape index (κ1) is 25.5. The number of anilines is 1. The number of amides is 3. The largest absolute Gasteiger partial charge is 0.497 e. The number of hydrogen-bond acceptors (Lipinski definition) is 5. The summed E-state index contributed by atoms with van der Waals surface area (Å²) in [6.07, 6.45) is 3.37. The normalized spacial score (nSPS) is 21.9. The summed E-state index contributed by atoms with van der Waals surface area (Å²) in [5.41, 5.74) is 1.67. The second-order valence-corrected chi connectivity index (χ2v) is 9.68. The number of rotatable bonds is 8. The number of carbonyl (C=O) groups excluding carboxylic acids is 3. The van der Waals surface area contributed by atoms with Gasteiger partial charge in [0.25, 0.3) is 5.91 Å². The van der Waals surface area contributed by atoms with Gasteiger partial charge in [0.2, 0.25) is 11.8 Å². The molecule has 36 heavy (non-hydrogen) atoms. The van der Waals surface area contributed by atoms with Gasteiger partial charge in [-0.2, -0.15) is 0 Å². The summed E-state index contributed by atoms with van der Waals surface area (Å²) >= 11 is 0. The highest BCUT2D eigenvalue weighted by Gasteiger charge is 2.35. The standard InChI is InChI=1S/C28H35N3O5/c1-19-5-4-6-20(2)31(19)27(33)18-36-25-13-9-23(10-14-25)30-17-22(15-26(30)32)28(34)29-16-21-7-11-24(35-3)12-8-21/h7-14,19-20,22H,4-6,15-18H2,1-3H3,(H,29,34)/t19-,20+,22-/m0/s1. The maximum absolute atomic E-state index is 12.7. The second kappa shape index (κ2) is 11.5. The van der Waals surface area contributed by atoms with Gasteiger partial charge in [-0.15, -0.1) is 0 Å². The molecule has 8 heteroatoms. The quantitative estimate of drug-likeness (QED) is 0.608. The molecule has 4 rings (SSSR count). The van der Waals surface area contributed by atoms with Gasteiger partial charge in [-0.1, -0.05) is 12.1 Å². The fourth-order valence-corrected chi connectivity index (χ4v) is 5.06. The lowest BCUT2D eigenvalue weighted by Gasteiger charge is -2.38. The molecule has 1 N–H and O–H groups in total. The van der Waals surface area contributed by atoms with Crippen LogP contribution in [0.1, 0.15) is 45.1 Å². The Bertz CT molecular complexity index is 1060. The molecular formula is C28H35N3O5. The Morgan fingerprint density at radius 2 is 1.61 bits per heavy atom. The minimum Gasteiger partial charge on any atom is -0.497 e. The first-order valence-corrected chi connectivity index (χ1v) is 12.6. The summed E-state index contributed by atoms with van der Waals surface area (Å²) in [7, 11) is 1.61. The van der Waals surface area contributed by atoms with Crippen LogP contribution in [0, 0.1) is 5.92 Å². The molecular weight excluding hydrogens is 458 g/mol. The Morgan fingerprint density at radius 3 is 2.25 bits per heavy atom. The SMILES string of the molecule is COc1ccc(CNC(=O)[C@H]2CC(=O)N(c3ccc(OCC(=O)N4[C@H](C)CCC[C@@H]4C)cc3)C2)cc1. The van der Waals surface area contributed by atoms with Gasteiger partial charge in [0.15, 0.2) is 6.61 Å². The smallest absolute Gasteiger partial charge is 0.260 e. The van der Waals surface area contributed by atoms with E-state index in [9.17, 15) is 14.4 Å². The summed E-state index contributed by atoms with van der Waals surface area (Å²) in [6.45, 7) is 4.89. The first-order valence-electron chi connectivity index (χ1n) is 12.6. The van der Waals surface area contributed by atoms with Crippen LogP contribution in [0.2, 0.25) is 0 Å². The van der Waals surface area contributed by atoms with E-state index in [0.29, 0.717) is 24.5 Å². The number of methoxy groups -OCH3 is 1. The highest BCUT2D eigenvalue weighted by Crippen LogP contribution is 2.28. The molecule has 0 aromatic heterocycles. The third-order valence-electron chi connectivity index (χ3n) is 7.11. The molecule has 2 saturated heterocycles. The van der Waals surface area contributed by atoms with E-state index in [4.69, 9.17) is 9.47 Å². The Labute approximate surface area is 212 Å². The van der Waals surface area contributed by atoms with E-state index in [-0.39, 0.29) is 42.8 Å². The van der Waals surface area contributed by atoms with Crippen LogP contribution >= 0.6 is 0 Å². The molecule has 0 saturated carbocycles. The Hall–Kier alpha value is -3.55. The van der Waals surface area contributed by atoms with Crippen molar-refractivity contribution in [2.45, 2.75) is 58.2 Å². The molecule has 2 aromatic rings. The Balaban J connectivity index is 1.27. The number of hydrogen-bond donors (Lipinski definition) is 1. The maximum Gasteiger partial charge on any atom is 0.260 e. The molecule has 2 heterocycles. The van der Waals surface area contributed by atoms with Gasteiger partial charge < -0.3 is 24.6 Å². The predicted octanol–water partition coefficient (Wildman–Crippen LogP) is 3.53. The number of nitrogens with one attached hydrogen (secondary N) is 1. The summed E-state index contributed by atoms with van der Waals surface area (Å²) in [5, 5.41) is 2.93. The van der Waals surface area contributed by atoms with Crippen molar-refractivity contribution in [2.75, 3.05) is 25.2 Å². The van der Waals surface area contributed by atoms with Crippen LogP contribution in [0.25, 0.3) is 0 Å². The van der Waals surface area contributed by atoms with E-state index in [1.165, 1.54) is 0 Å². The fourth-order valence-electron chi connectivity index (χ4n) is 5.06. The molecule has 2 aliphatic rings. The number of benzene rings is 2. The highest BCUT2D eigenvalue weighted by atomic mass is 16.5. The van der Waals surface area contributed by atoms with Gasteiger partial charge in [-0.3, -0.25) is 14.4 Å². The van der Waals surface area contributed by atoms with E-state index in [2.05, 4.69) is 19.2 Å². The molecule has 0 bridgehead atoms. The molecule has 3 atom stereocenters. The minimum atomic E-state index is -0.405. The third-order valence-corrected chi connectivity index (χ3v) is 7.11. The van der Waals surface area contributed by atoms with E-state index >= 15 is 0 Å². The van der Waals surface area contributed by atoms with Gasteiger partial charge >= 0.3 is 0 Å². The van der Waals surface area contributed by atoms with Crippen molar-refractivity contribution in [2.24, 2.45) is 5.92 Å². The number of likely N-dealkylation sites (tertiary alicyclic amines) is 1. The van der Waals surface area contributed by atoms with Gasteiger partial charge in [0, 0.05) is 37.3 Å². The molecule has 0 unspecified atom stereocenters. The maximum atomic E-state index is 12.7. The molecule has 0 radical (unpaired) electrons. The van der Waals surface area contributed by atoms with E-state index in [1.54, 1.807) is 36.3 Å². The zero-order valence-electron chi connectivity index (χ0n) is 21.2. The Kier molecular flexibility index (Phi) is 8.13. The summed E-state index contributed by atoms with van der Waals surface area (Å²) in [5.74, 6) is 0.703. The first-order chi connectivity index (χ1) is 17.4. The van der Waals surface area contributed by atoms with E-state index in [1.807, 2.05) is 29.2 Å². The molecule has 2 fully saturated rings. The van der Waals surface area contributed by atoms with E-state index in [0.717, 1.165) is 30.6 Å². The van der Waals surface area contributed by atoms with Crippen molar-refractivity contribution in [3.63, 3.8) is 0 Å². The average molecular weight is 494 g/mol. The molecule has 3 amide bonds. The van der Waals surface area contributed by atoms with Crippen molar-refractivity contribution < 1.29 is 23.9 Å². The lowest BCUT2D eigenvalue weighted by Crippen LogP contribution is -2.49. The van der Waals surface area contributed by atoms with Gasteiger partial charge in [-0.25, -0.2) is 0 Å². The van der Waals surface area contributed by atoms with Gasteiger partial charge in [0.05, 0.1) is 13.0 Å². The zero-order chi connectivity index (χ0) is 25.7. The van der Waals surface area contributed by atoms with Gasteiger partial charge in [-0.05, 0) is 75.1 Å². The Morgan fingerprint density at radius 1 is 0.972 bits per heavy atom. The molecule has 2 aromatic carbocycles. The fraction of sp³-hybridized carbons (Fsp3) is 0.464. The number of carbonyl (C=O) groups is 3. The van der Waals surface area contributed by atoms with Crippen LogP contribution in [0.15, 0.2) is 48.5 Å². The number of ether oxygens (including phenoxy) is 2. The minimum absolute atomic E-state index is 0.00279. The second-order valence-electron chi connectivity index (χ2n) is 9.68. The molecule has 0 aliphatic carbocycles. The molecule has 192 valence electrons. The number of piperidine rings is 1. The summed E-state index contributed by atoms with van der Waals surface area (Å²) in [6, 6.07) is 15.1. The van der Waals surface area contributed by atoms with Crippen LogP contribution < -0.4 is 19.7 Å². The monoisotopic (exact) mass is 493 g/mol. The molecule has 8 nitrogen and oxygen atoms in total. The lowest BCUT2D eigenvalue weighted by atomic mass is 9.97. The van der Waals surface area contributed by atoms with Crippen LogP contribution in [-0.4, -0.2) is 55.0 Å². The lowest BCUT2D eigenvalue weighted by molar-refractivity contribution is -0.139. The van der Waals surface area contributed by atoms with Crippen molar-refractivity contribution in [3.05, 3.63) is 54.1 Å². The molecule has 0 spiro atoms. The van der Waals surface area contributed by atoms with Crippen molar-refractivity contribution in [1.82, 2.24) is 10.2 Å². The van der Waals surface area contributed by atoms with Crippen molar-refractivity contribution >= 4 is 23.4 Å². The highest BCUT2D eigenvalue weighted by molar-refractivity contribution is 6.00. The zero-order valence-corrected chi connectivity index (χ0v) is 21.2. The average Bonchev–Trinajstić information content (AvgIpc) is 3.28. The van der Waals surface area contributed by atoms with Crippen molar-refractivity contribution in [3.8, 4) is 11.5 Å².